The molecule has 1 aromatic carbocycles. The highest BCUT2D eigenvalue weighted by Gasteiger charge is 2.08. The number of nitrogens with two attached hydrogens (primary N) is 1. The molecule has 5 nitrogen and oxygen atoms in total. The summed E-state index contributed by atoms with van der Waals surface area (Å²) in [6.07, 6.45) is 1.28. The van der Waals surface area contributed by atoms with E-state index >= 15 is 0 Å². The zero-order valence-electron chi connectivity index (χ0n) is 10.7. The molecule has 2 rings (SSSR count). The maximum atomic E-state index is 13.7. The predicted octanol–water partition coefficient (Wildman–Crippen LogP) is 2.46. The largest absolute Gasteiger partial charge is 0.366 e. The minimum Gasteiger partial charge on any atom is -0.366 e. The van der Waals surface area contributed by atoms with Crippen molar-refractivity contribution < 1.29 is 9.18 Å². The van der Waals surface area contributed by atoms with Crippen molar-refractivity contribution >= 4 is 23.3 Å². The third kappa shape index (κ3) is 3.46. The van der Waals surface area contributed by atoms with E-state index in [1.54, 1.807) is 0 Å². The Bertz CT molecular complexity index is 742. The lowest BCUT2D eigenvalue weighted by Crippen LogP contribution is -2.12. The zero-order chi connectivity index (χ0) is 15.4. The number of pyridine rings is 1. The molecule has 0 radical (unpaired) electrons. The molecule has 0 aliphatic rings. The molecule has 1 amide bonds. The topological polar surface area (TPSA) is 91.8 Å². The lowest BCUT2D eigenvalue weighted by Gasteiger charge is -2.09. The third-order valence-corrected chi connectivity index (χ3v) is 3.04. The van der Waals surface area contributed by atoms with E-state index < -0.39 is 11.7 Å². The fourth-order valence-corrected chi connectivity index (χ4v) is 1.88. The number of primary amides is 1. The Labute approximate surface area is 125 Å². The quantitative estimate of drug-likeness (QED) is 0.907. The average molecular weight is 305 g/mol. The molecular formula is C14H10ClFN4O. The summed E-state index contributed by atoms with van der Waals surface area (Å²) < 4.78 is 13.7. The first-order valence-corrected chi connectivity index (χ1v) is 6.27. The van der Waals surface area contributed by atoms with Gasteiger partial charge in [-0.05, 0) is 18.2 Å². The second-order valence-corrected chi connectivity index (χ2v) is 4.60. The van der Waals surface area contributed by atoms with Gasteiger partial charge in [0.1, 0.15) is 11.6 Å². The van der Waals surface area contributed by atoms with Crippen molar-refractivity contribution in [3.8, 4) is 6.07 Å². The number of hydrogen-bond acceptors (Lipinski definition) is 4. The summed E-state index contributed by atoms with van der Waals surface area (Å²) in [6, 6.07) is 7.42. The highest BCUT2D eigenvalue weighted by Crippen LogP contribution is 2.21. The number of anilines is 1. The number of rotatable bonds is 4. The van der Waals surface area contributed by atoms with Crippen molar-refractivity contribution in [3.05, 3.63) is 58.0 Å². The van der Waals surface area contributed by atoms with Crippen molar-refractivity contribution in [3.63, 3.8) is 0 Å². The molecule has 21 heavy (non-hydrogen) atoms. The van der Waals surface area contributed by atoms with Crippen LogP contribution in [0.25, 0.3) is 0 Å². The van der Waals surface area contributed by atoms with E-state index in [1.165, 1.54) is 24.4 Å². The number of carbonyl (C=O) groups excluding carboxylic acids is 1. The number of nitrogens with one attached hydrogen (secondary N) is 1. The highest BCUT2D eigenvalue weighted by atomic mass is 35.5. The van der Waals surface area contributed by atoms with Gasteiger partial charge >= 0.3 is 0 Å². The molecule has 0 aliphatic heterocycles. The van der Waals surface area contributed by atoms with Gasteiger partial charge in [0, 0.05) is 18.3 Å². The zero-order valence-corrected chi connectivity index (χ0v) is 11.5. The van der Waals surface area contributed by atoms with Crippen LogP contribution in [-0.4, -0.2) is 10.9 Å². The summed E-state index contributed by atoms with van der Waals surface area (Å²) >= 11 is 5.96. The smallest absolute Gasteiger partial charge is 0.250 e. The summed E-state index contributed by atoms with van der Waals surface area (Å²) in [5, 5.41) is 11.7. The van der Waals surface area contributed by atoms with Crippen LogP contribution in [0.2, 0.25) is 5.02 Å². The van der Waals surface area contributed by atoms with Gasteiger partial charge in [-0.1, -0.05) is 17.7 Å². The van der Waals surface area contributed by atoms with Crippen LogP contribution in [0, 0.1) is 17.1 Å². The molecule has 1 heterocycles. The second-order valence-electron chi connectivity index (χ2n) is 4.19. The number of hydrogen-bond donors (Lipinski definition) is 2. The number of carbonyl (C=O) groups is 1. The van der Waals surface area contributed by atoms with Gasteiger partial charge in [0.2, 0.25) is 5.91 Å². The number of nitrogens with zero attached hydrogens (tertiary/aromatic N) is 2. The second kappa shape index (κ2) is 6.20. The first kappa shape index (κ1) is 14.8. The summed E-state index contributed by atoms with van der Waals surface area (Å²) in [5.74, 6) is -0.814. The number of amides is 1. The number of benzene rings is 1. The first-order valence-electron chi connectivity index (χ1n) is 5.89. The van der Waals surface area contributed by atoms with E-state index in [0.29, 0.717) is 11.4 Å². The monoisotopic (exact) mass is 304 g/mol. The Morgan fingerprint density at radius 2 is 2.24 bits per heavy atom. The van der Waals surface area contributed by atoms with Crippen molar-refractivity contribution in [1.29, 1.82) is 5.26 Å². The van der Waals surface area contributed by atoms with Crippen LogP contribution in [0.3, 0.4) is 0 Å². The van der Waals surface area contributed by atoms with Gasteiger partial charge in [0.15, 0.2) is 0 Å². The average Bonchev–Trinajstić information content (AvgIpc) is 2.46. The van der Waals surface area contributed by atoms with Crippen LogP contribution in [0.4, 0.5) is 10.2 Å². The van der Waals surface area contributed by atoms with E-state index in [9.17, 15) is 9.18 Å². The van der Waals surface area contributed by atoms with E-state index in [0.717, 1.165) is 6.07 Å². The molecule has 0 bridgehead atoms. The minimum atomic E-state index is -0.630. The molecular weight excluding hydrogens is 295 g/mol. The molecule has 2 aromatic rings. The molecule has 0 saturated heterocycles. The van der Waals surface area contributed by atoms with Gasteiger partial charge in [0.25, 0.3) is 0 Å². The van der Waals surface area contributed by atoms with Crippen LogP contribution in [0.1, 0.15) is 21.5 Å². The van der Waals surface area contributed by atoms with Crippen molar-refractivity contribution in [2.75, 3.05) is 5.32 Å². The normalized spacial score (nSPS) is 9.95. The molecule has 0 unspecified atom stereocenters. The molecule has 7 heteroatoms. The first-order chi connectivity index (χ1) is 10.0. The van der Waals surface area contributed by atoms with E-state index in [-0.39, 0.29) is 22.7 Å². The van der Waals surface area contributed by atoms with Crippen molar-refractivity contribution in [2.24, 2.45) is 5.73 Å². The Balaban J connectivity index is 2.13. The van der Waals surface area contributed by atoms with Crippen LogP contribution >= 0.6 is 11.6 Å². The number of halogens is 2. The fraction of sp³-hybridized carbons (Fsp3) is 0.0714. The molecule has 0 atom stereocenters. The van der Waals surface area contributed by atoms with Gasteiger partial charge in [-0.25, -0.2) is 9.37 Å². The van der Waals surface area contributed by atoms with Crippen molar-refractivity contribution in [2.45, 2.75) is 6.54 Å². The predicted molar refractivity (Wildman–Crippen MR) is 76.2 cm³/mol. The van der Waals surface area contributed by atoms with Gasteiger partial charge in [-0.3, -0.25) is 4.79 Å². The van der Waals surface area contributed by atoms with Gasteiger partial charge in [0.05, 0.1) is 22.2 Å². The van der Waals surface area contributed by atoms with E-state index in [2.05, 4.69) is 10.3 Å². The molecule has 0 saturated carbocycles. The summed E-state index contributed by atoms with van der Waals surface area (Å²) in [5.41, 5.74) is 5.92. The summed E-state index contributed by atoms with van der Waals surface area (Å²) in [6.45, 7) is 0.139. The molecule has 0 aliphatic carbocycles. The number of nitriles is 1. The fourth-order valence-electron chi connectivity index (χ4n) is 1.64. The molecule has 0 spiro atoms. The van der Waals surface area contributed by atoms with E-state index in [4.69, 9.17) is 22.6 Å². The Hall–Kier alpha value is -2.65. The van der Waals surface area contributed by atoms with Crippen LogP contribution in [0.15, 0.2) is 30.5 Å². The summed E-state index contributed by atoms with van der Waals surface area (Å²) in [7, 11) is 0. The maximum absolute atomic E-state index is 13.7. The molecule has 106 valence electrons. The summed E-state index contributed by atoms with van der Waals surface area (Å²) in [4.78, 5) is 14.9. The standard InChI is InChI=1S/C14H10ClFN4O/c15-11-4-10(13(18)21)7-20-14(11)19-6-9-2-1-8(5-17)3-12(9)16/h1-4,7H,6H2,(H2,18,21)(H,19,20). The third-order valence-electron chi connectivity index (χ3n) is 2.75. The van der Waals surface area contributed by atoms with E-state index in [1.807, 2.05) is 6.07 Å². The highest BCUT2D eigenvalue weighted by molar-refractivity contribution is 6.33. The van der Waals surface area contributed by atoms with Gasteiger partial charge < -0.3 is 11.1 Å². The molecule has 0 fully saturated rings. The molecule has 3 N–H and O–H groups in total. The Kier molecular flexibility index (Phi) is 4.36. The minimum absolute atomic E-state index is 0.139. The van der Waals surface area contributed by atoms with Crippen LogP contribution in [-0.2, 0) is 6.54 Å². The number of aromatic nitrogens is 1. The lowest BCUT2D eigenvalue weighted by atomic mass is 10.1. The Morgan fingerprint density at radius 1 is 1.48 bits per heavy atom. The van der Waals surface area contributed by atoms with Crippen molar-refractivity contribution in [1.82, 2.24) is 4.98 Å². The van der Waals surface area contributed by atoms with Crippen LogP contribution in [0.5, 0.6) is 0 Å². The molecule has 1 aromatic heterocycles. The van der Waals surface area contributed by atoms with Gasteiger partial charge in [-0.2, -0.15) is 5.26 Å². The van der Waals surface area contributed by atoms with Gasteiger partial charge in [-0.15, -0.1) is 0 Å². The maximum Gasteiger partial charge on any atom is 0.250 e. The van der Waals surface area contributed by atoms with Crippen LogP contribution < -0.4 is 11.1 Å². The lowest BCUT2D eigenvalue weighted by molar-refractivity contribution is 0.1000. The SMILES string of the molecule is N#Cc1ccc(CNc2ncc(C(N)=O)cc2Cl)c(F)c1. The Morgan fingerprint density at radius 3 is 2.81 bits per heavy atom.